The number of hydrogen-bond acceptors (Lipinski definition) is 3. The summed E-state index contributed by atoms with van der Waals surface area (Å²) in [6.07, 6.45) is 0. The van der Waals surface area contributed by atoms with Gasteiger partial charge in [-0.15, -0.1) is 0 Å². The number of halogens is 3. The average Bonchev–Trinajstić information content (AvgIpc) is 2.16. The lowest BCUT2D eigenvalue weighted by atomic mass is 10.2. The van der Waals surface area contributed by atoms with Crippen LogP contribution in [0.5, 0.6) is 0 Å². The van der Waals surface area contributed by atoms with Crippen molar-refractivity contribution in [2.45, 2.75) is 17.3 Å². The molecule has 0 atom stereocenters. The SMILES string of the molecule is CCOC(=N)c1ccc(SC(F)(F)F)cc1. The Kier molecular flexibility index (Phi) is 4.23. The Morgan fingerprint density at radius 2 is 1.88 bits per heavy atom. The molecule has 6 heteroatoms. The van der Waals surface area contributed by atoms with Crippen LogP contribution in [0.25, 0.3) is 0 Å². The van der Waals surface area contributed by atoms with Gasteiger partial charge >= 0.3 is 5.51 Å². The second-order valence-electron chi connectivity index (χ2n) is 2.83. The van der Waals surface area contributed by atoms with Crippen molar-refractivity contribution < 1.29 is 17.9 Å². The lowest BCUT2D eigenvalue weighted by molar-refractivity contribution is -0.0328. The maximum absolute atomic E-state index is 12.0. The number of ether oxygens (including phenoxy) is 1. The fourth-order valence-corrected chi connectivity index (χ4v) is 1.58. The number of nitrogens with one attached hydrogen (secondary N) is 1. The quantitative estimate of drug-likeness (QED) is 0.504. The van der Waals surface area contributed by atoms with Crippen molar-refractivity contribution >= 4 is 17.7 Å². The molecule has 2 nitrogen and oxygen atoms in total. The van der Waals surface area contributed by atoms with Crippen LogP contribution in [0.3, 0.4) is 0 Å². The Morgan fingerprint density at radius 1 is 1.31 bits per heavy atom. The van der Waals surface area contributed by atoms with Crippen LogP contribution in [0.2, 0.25) is 0 Å². The van der Waals surface area contributed by atoms with Crippen LogP contribution in [0, 0.1) is 5.41 Å². The molecule has 16 heavy (non-hydrogen) atoms. The normalized spacial score (nSPS) is 11.2. The molecule has 1 aromatic rings. The van der Waals surface area contributed by atoms with Crippen molar-refractivity contribution in [1.82, 2.24) is 0 Å². The molecule has 0 aromatic heterocycles. The number of alkyl halides is 3. The molecule has 0 bridgehead atoms. The van der Waals surface area contributed by atoms with E-state index in [0.29, 0.717) is 12.2 Å². The molecule has 88 valence electrons. The molecule has 0 aliphatic rings. The summed E-state index contributed by atoms with van der Waals surface area (Å²) in [6, 6.07) is 5.51. The van der Waals surface area contributed by atoms with Crippen molar-refractivity contribution in [1.29, 1.82) is 5.41 Å². The molecular weight excluding hydrogens is 239 g/mol. The molecular formula is C10H10F3NOS. The van der Waals surface area contributed by atoms with Crippen molar-refractivity contribution in [3.05, 3.63) is 29.8 Å². The summed E-state index contributed by atoms with van der Waals surface area (Å²) in [5.41, 5.74) is -3.82. The molecule has 1 N–H and O–H groups in total. The fraction of sp³-hybridized carbons (Fsp3) is 0.300. The predicted molar refractivity (Wildman–Crippen MR) is 56.8 cm³/mol. The van der Waals surface area contributed by atoms with Gasteiger partial charge in [0, 0.05) is 10.5 Å². The molecule has 0 saturated carbocycles. The van der Waals surface area contributed by atoms with Gasteiger partial charge in [-0.05, 0) is 43.0 Å². The first kappa shape index (κ1) is 12.9. The Bertz CT molecular complexity index is 361. The first-order chi connectivity index (χ1) is 7.42. The van der Waals surface area contributed by atoms with Gasteiger partial charge in [0.15, 0.2) is 0 Å². The maximum atomic E-state index is 12.0. The first-order valence-electron chi connectivity index (χ1n) is 4.50. The van der Waals surface area contributed by atoms with E-state index in [-0.39, 0.29) is 22.6 Å². The topological polar surface area (TPSA) is 33.1 Å². The lowest BCUT2D eigenvalue weighted by Gasteiger charge is -2.07. The minimum absolute atomic E-state index is 0.0361. The van der Waals surface area contributed by atoms with Gasteiger partial charge in [0.25, 0.3) is 0 Å². The van der Waals surface area contributed by atoms with Gasteiger partial charge in [-0.2, -0.15) is 13.2 Å². The average molecular weight is 249 g/mol. The van der Waals surface area contributed by atoms with E-state index in [1.807, 2.05) is 0 Å². The number of thioether (sulfide) groups is 1. The zero-order chi connectivity index (χ0) is 12.2. The second-order valence-corrected chi connectivity index (χ2v) is 3.97. The van der Waals surface area contributed by atoms with Gasteiger partial charge in [-0.25, -0.2) is 0 Å². The summed E-state index contributed by atoms with van der Waals surface area (Å²) < 4.78 is 41.0. The molecule has 0 aliphatic carbocycles. The molecule has 0 amide bonds. The number of hydrogen-bond donors (Lipinski definition) is 1. The van der Waals surface area contributed by atoms with E-state index >= 15 is 0 Å². The Hall–Kier alpha value is -1.17. The van der Waals surface area contributed by atoms with Gasteiger partial charge < -0.3 is 4.74 Å². The molecule has 0 aliphatic heterocycles. The summed E-state index contributed by atoms with van der Waals surface area (Å²) in [6.45, 7) is 2.10. The third-order valence-electron chi connectivity index (χ3n) is 1.64. The highest BCUT2D eigenvalue weighted by molar-refractivity contribution is 8.00. The molecule has 0 radical (unpaired) electrons. The van der Waals surface area contributed by atoms with Crippen LogP contribution in [0.4, 0.5) is 13.2 Å². The standard InChI is InChI=1S/C10H10F3NOS/c1-2-15-9(14)7-3-5-8(6-4-7)16-10(11,12)13/h3-6,14H,2H2,1H3. The second kappa shape index (κ2) is 5.25. The largest absolute Gasteiger partial charge is 0.478 e. The number of rotatable bonds is 3. The third-order valence-corrected chi connectivity index (χ3v) is 2.38. The van der Waals surface area contributed by atoms with E-state index in [4.69, 9.17) is 10.1 Å². The van der Waals surface area contributed by atoms with Crippen LogP contribution in [0.1, 0.15) is 12.5 Å². The van der Waals surface area contributed by atoms with Crippen molar-refractivity contribution in [3.63, 3.8) is 0 Å². The third kappa shape index (κ3) is 4.14. The highest BCUT2D eigenvalue weighted by Gasteiger charge is 2.29. The van der Waals surface area contributed by atoms with Crippen LogP contribution in [-0.4, -0.2) is 18.0 Å². The van der Waals surface area contributed by atoms with E-state index in [1.165, 1.54) is 24.3 Å². The van der Waals surface area contributed by atoms with Gasteiger partial charge in [0.2, 0.25) is 5.90 Å². The van der Waals surface area contributed by atoms with E-state index in [9.17, 15) is 13.2 Å². The van der Waals surface area contributed by atoms with E-state index in [0.717, 1.165) is 0 Å². The molecule has 0 unspecified atom stereocenters. The summed E-state index contributed by atoms with van der Waals surface area (Å²) >= 11 is -0.177. The molecule has 0 spiro atoms. The first-order valence-corrected chi connectivity index (χ1v) is 5.31. The zero-order valence-electron chi connectivity index (χ0n) is 8.47. The van der Waals surface area contributed by atoms with Crippen molar-refractivity contribution in [2.24, 2.45) is 0 Å². The van der Waals surface area contributed by atoms with Crippen molar-refractivity contribution in [3.8, 4) is 0 Å². The van der Waals surface area contributed by atoms with Gasteiger partial charge in [-0.3, -0.25) is 5.41 Å². The Balaban J connectivity index is 2.72. The smallest absolute Gasteiger partial charge is 0.446 e. The Labute approximate surface area is 95.3 Å². The summed E-state index contributed by atoms with van der Waals surface area (Å²) in [7, 11) is 0. The van der Waals surface area contributed by atoms with Crippen LogP contribution in [0.15, 0.2) is 29.2 Å². The van der Waals surface area contributed by atoms with E-state index in [2.05, 4.69) is 0 Å². The molecule has 0 saturated heterocycles. The highest BCUT2D eigenvalue weighted by atomic mass is 32.2. The zero-order valence-corrected chi connectivity index (χ0v) is 9.28. The minimum atomic E-state index is -4.28. The summed E-state index contributed by atoms with van der Waals surface area (Å²) in [5.74, 6) is -0.0361. The molecule has 1 rings (SSSR count). The molecule has 0 heterocycles. The van der Waals surface area contributed by atoms with Crippen LogP contribution < -0.4 is 0 Å². The minimum Gasteiger partial charge on any atom is -0.478 e. The van der Waals surface area contributed by atoms with E-state index < -0.39 is 5.51 Å². The monoisotopic (exact) mass is 249 g/mol. The van der Waals surface area contributed by atoms with Crippen molar-refractivity contribution in [2.75, 3.05) is 6.61 Å². The van der Waals surface area contributed by atoms with Gasteiger partial charge in [-0.1, -0.05) is 0 Å². The molecule has 0 fully saturated rings. The highest BCUT2D eigenvalue weighted by Crippen LogP contribution is 2.36. The fourth-order valence-electron chi connectivity index (χ4n) is 1.04. The van der Waals surface area contributed by atoms with Gasteiger partial charge in [0.1, 0.15) is 0 Å². The van der Waals surface area contributed by atoms with Crippen LogP contribution in [-0.2, 0) is 4.74 Å². The summed E-state index contributed by atoms with van der Waals surface area (Å²) in [5, 5.41) is 7.43. The van der Waals surface area contributed by atoms with Gasteiger partial charge in [0.05, 0.1) is 6.61 Å². The predicted octanol–water partition coefficient (Wildman–Crippen LogP) is 3.66. The Morgan fingerprint density at radius 3 is 2.31 bits per heavy atom. The lowest BCUT2D eigenvalue weighted by Crippen LogP contribution is -2.04. The summed E-state index contributed by atoms with van der Waals surface area (Å²) in [4.78, 5) is 0.0977. The molecule has 1 aromatic carbocycles. The number of benzene rings is 1. The van der Waals surface area contributed by atoms with E-state index in [1.54, 1.807) is 6.92 Å². The van der Waals surface area contributed by atoms with Crippen LogP contribution >= 0.6 is 11.8 Å². The maximum Gasteiger partial charge on any atom is 0.446 e.